The van der Waals surface area contributed by atoms with Gasteiger partial charge in [-0.3, -0.25) is 0 Å². The molecule has 0 aliphatic heterocycles. The van der Waals surface area contributed by atoms with Crippen LogP contribution in [-0.2, 0) is 0 Å². The van der Waals surface area contributed by atoms with Gasteiger partial charge in [0.15, 0.2) is 0 Å². The summed E-state index contributed by atoms with van der Waals surface area (Å²) in [5.74, 6) is 0. The van der Waals surface area contributed by atoms with Crippen LogP contribution >= 0.6 is 0 Å². The van der Waals surface area contributed by atoms with Gasteiger partial charge in [0.05, 0.1) is 35.6 Å². The second-order valence-electron chi connectivity index (χ2n) is 12.0. The quantitative estimate of drug-likeness (QED) is 0.167. The zero-order chi connectivity index (χ0) is 57.5. The molecule has 0 aliphatic carbocycles. The van der Waals surface area contributed by atoms with Crippen LogP contribution < -0.4 is 0 Å². The van der Waals surface area contributed by atoms with Crippen LogP contribution in [0.15, 0.2) is 198 Å². The average molecular weight is 699 g/mol. The van der Waals surface area contributed by atoms with Crippen molar-refractivity contribution in [1.82, 2.24) is 0 Å². The molecule has 0 saturated carbocycles. The van der Waals surface area contributed by atoms with Crippen LogP contribution in [-0.4, -0.2) is 0 Å². The zero-order valence-corrected chi connectivity index (χ0v) is 26.9. The number of fused-ring (bicyclic) bond motifs is 7. The van der Waals surface area contributed by atoms with Gasteiger partial charge in [-0.25, -0.2) is 0 Å². The van der Waals surface area contributed by atoms with Crippen molar-refractivity contribution in [2.45, 2.75) is 0 Å². The molecule has 11 aromatic rings. The molecule has 1 nitrogen and oxygen atoms in total. The Balaban J connectivity index is 1.38. The highest BCUT2D eigenvalue weighted by molar-refractivity contribution is 6.27. The van der Waals surface area contributed by atoms with E-state index in [1.807, 2.05) is 0 Å². The Bertz CT molecular complexity index is 4510. The van der Waals surface area contributed by atoms with Gasteiger partial charge in [-0.2, -0.15) is 0 Å². The van der Waals surface area contributed by atoms with Crippen LogP contribution in [0.25, 0.3) is 110 Å². The van der Waals surface area contributed by atoms with Gasteiger partial charge in [0.25, 0.3) is 0 Å². The maximum Gasteiger partial charge on any atom is 0.136 e. The number of benzene rings is 10. The molecule has 0 amide bonds. The molecular weight excluding hydrogens is 641 g/mol. The van der Waals surface area contributed by atoms with Gasteiger partial charge in [0.2, 0.25) is 0 Å². The fraction of sp³-hybridized carbons (Fsp3) is 0. The molecule has 1 heterocycles. The maximum absolute atomic E-state index is 9.53. The van der Waals surface area contributed by atoms with E-state index in [0.717, 1.165) is 0 Å². The van der Waals surface area contributed by atoms with Crippen molar-refractivity contribution in [3.8, 4) is 44.5 Å². The Morgan fingerprint density at radius 2 is 0.717 bits per heavy atom. The van der Waals surface area contributed by atoms with Crippen LogP contribution in [0, 0.1) is 0 Å². The molecule has 1 aromatic heterocycles. The lowest BCUT2D eigenvalue weighted by molar-refractivity contribution is 0.669. The Morgan fingerprint density at radius 3 is 1.17 bits per heavy atom. The van der Waals surface area contributed by atoms with Gasteiger partial charge in [-0.05, 0) is 106 Å². The van der Waals surface area contributed by atoms with E-state index in [4.69, 9.17) is 29.1 Å². The highest BCUT2D eigenvalue weighted by Gasteiger charge is 2.22. The molecule has 0 radical (unpaired) electrons. The first kappa shape index (κ1) is 13.9. The SMILES string of the molecule is [2H]c1c([2H])c([2H])c(-c2c3c([2H])c([2H])c([2H])c([2H])c3c(-c3ccc4oc5cccc(-c6c7c([2H])c([2H])c([2H])c([2H])c7c(-c7c([2H])c([2H])c([2H])c([2H])c7[2H])c7c([2H])c([2H])c([2H])c([2H])c67)c5c4c3)c3c([2H])c([2H])c([2H])c([2H])c23)c([2H])c1[2H]. The predicted molar refractivity (Wildman–Crippen MR) is 225 cm³/mol. The standard InChI is InChI=1S/C52H32O/c1-3-16-33(17-4-1)48-36-20-7-9-22-38(36)50(39-23-10-8-21-37(39)48)35-30-31-46-45(32-35)52-44(28-15-29-47(52)53-46)51-42-26-13-11-24-40(42)49(34-18-5-2-6-19-34)41-25-12-14-27-43(41)51/h1-32H/i1D,2D,3D,4D,5D,6D,7D,8D,9D,10D,11D,12D,13D,14D,16D,17D,18D,19D,20D,21D,22D,23D,24D,25D,26D,27D. The first-order chi connectivity index (χ1) is 37.1. The molecule has 0 spiro atoms. The second kappa shape index (κ2) is 11.8. The fourth-order valence-corrected chi connectivity index (χ4v) is 7.25. The fourth-order valence-electron chi connectivity index (χ4n) is 7.25. The largest absolute Gasteiger partial charge is 0.456 e. The zero-order valence-electron chi connectivity index (χ0n) is 52.9. The third-order valence-electron chi connectivity index (χ3n) is 9.30. The molecule has 0 fully saturated rings. The smallest absolute Gasteiger partial charge is 0.136 e. The summed E-state index contributed by atoms with van der Waals surface area (Å²) >= 11 is 0. The minimum Gasteiger partial charge on any atom is -0.456 e. The molecule has 11 rings (SSSR count). The van der Waals surface area contributed by atoms with Crippen molar-refractivity contribution in [2.75, 3.05) is 0 Å². The van der Waals surface area contributed by atoms with E-state index in [0.29, 0.717) is 0 Å². The Morgan fingerprint density at radius 1 is 0.321 bits per heavy atom. The maximum atomic E-state index is 9.53. The normalized spacial score (nSPS) is 18.6. The van der Waals surface area contributed by atoms with Crippen molar-refractivity contribution >= 4 is 65.0 Å². The molecule has 0 saturated heterocycles. The van der Waals surface area contributed by atoms with E-state index in [2.05, 4.69) is 0 Å². The Kier molecular flexibility index (Phi) is 3.09. The summed E-state index contributed by atoms with van der Waals surface area (Å²) in [4.78, 5) is 0. The summed E-state index contributed by atoms with van der Waals surface area (Å²) in [6, 6.07) is -12.2. The summed E-state index contributed by atoms with van der Waals surface area (Å²) in [5, 5.41) is -3.19. The Hall–Kier alpha value is -6.96. The highest BCUT2D eigenvalue weighted by atomic mass is 16.3. The van der Waals surface area contributed by atoms with Crippen LogP contribution in [0.4, 0.5) is 0 Å². The molecule has 0 bridgehead atoms. The minimum atomic E-state index is -0.844. The van der Waals surface area contributed by atoms with E-state index in [9.17, 15) is 11.0 Å². The van der Waals surface area contributed by atoms with Crippen molar-refractivity contribution in [3.63, 3.8) is 0 Å². The van der Waals surface area contributed by atoms with E-state index in [1.165, 1.54) is 36.4 Å². The molecule has 246 valence electrons. The topological polar surface area (TPSA) is 13.1 Å². The minimum absolute atomic E-state index is 0.00107. The predicted octanol–water partition coefficient (Wildman–Crippen LogP) is 14.9. The lowest BCUT2D eigenvalue weighted by atomic mass is 9.84. The molecule has 0 N–H and O–H groups in total. The van der Waals surface area contributed by atoms with Crippen LogP contribution in [0.3, 0.4) is 0 Å². The van der Waals surface area contributed by atoms with Gasteiger partial charge in [0, 0.05) is 10.8 Å². The number of furan rings is 1. The van der Waals surface area contributed by atoms with Crippen LogP contribution in [0.1, 0.15) is 35.6 Å². The van der Waals surface area contributed by atoms with Gasteiger partial charge < -0.3 is 4.42 Å². The van der Waals surface area contributed by atoms with Crippen molar-refractivity contribution in [3.05, 3.63) is 194 Å². The van der Waals surface area contributed by atoms with Crippen molar-refractivity contribution < 1.29 is 40.1 Å². The first-order valence-electron chi connectivity index (χ1n) is 29.1. The van der Waals surface area contributed by atoms with Crippen molar-refractivity contribution in [1.29, 1.82) is 0 Å². The van der Waals surface area contributed by atoms with Gasteiger partial charge in [0.1, 0.15) is 11.2 Å². The van der Waals surface area contributed by atoms with E-state index in [-0.39, 0.29) is 55.0 Å². The molecule has 53 heavy (non-hydrogen) atoms. The highest BCUT2D eigenvalue weighted by Crippen LogP contribution is 2.48. The molecule has 0 aliphatic rings. The van der Waals surface area contributed by atoms with E-state index < -0.39 is 212 Å². The van der Waals surface area contributed by atoms with E-state index >= 15 is 0 Å². The summed E-state index contributed by atoms with van der Waals surface area (Å²) in [7, 11) is 0. The van der Waals surface area contributed by atoms with Crippen LogP contribution in [0.2, 0.25) is 0 Å². The summed E-state index contributed by atoms with van der Waals surface area (Å²) in [6.45, 7) is 0. The monoisotopic (exact) mass is 698 g/mol. The summed E-state index contributed by atoms with van der Waals surface area (Å²) in [5.41, 5.74) is -2.54. The second-order valence-corrected chi connectivity index (χ2v) is 12.0. The van der Waals surface area contributed by atoms with Crippen LogP contribution in [0.5, 0.6) is 0 Å². The molecule has 1 heteroatoms. The van der Waals surface area contributed by atoms with E-state index in [1.54, 1.807) is 0 Å². The Labute approximate surface area is 343 Å². The third kappa shape index (κ3) is 4.51. The molecule has 0 unspecified atom stereocenters. The summed E-state index contributed by atoms with van der Waals surface area (Å²) in [6.07, 6.45) is 0. The number of hydrogen-bond acceptors (Lipinski definition) is 1. The van der Waals surface area contributed by atoms with Gasteiger partial charge >= 0.3 is 0 Å². The lowest BCUT2D eigenvalue weighted by Crippen LogP contribution is -1.91. The molecule has 0 atom stereocenters. The third-order valence-corrected chi connectivity index (χ3v) is 9.30. The first-order valence-corrected chi connectivity index (χ1v) is 16.1. The number of hydrogen-bond donors (Lipinski definition) is 0. The average Bonchev–Trinajstić information content (AvgIpc) is 3.19. The van der Waals surface area contributed by atoms with Gasteiger partial charge in [-0.15, -0.1) is 0 Å². The summed E-state index contributed by atoms with van der Waals surface area (Å²) < 4.78 is 240. The number of rotatable bonds is 4. The lowest BCUT2D eigenvalue weighted by Gasteiger charge is -2.18. The molecular formula is C52H32O. The van der Waals surface area contributed by atoms with Gasteiger partial charge in [-0.1, -0.05) is 175 Å². The molecule has 10 aromatic carbocycles. The van der Waals surface area contributed by atoms with Crippen molar-refractivity contribution in [2.24, 2.45) is 0 Å².